The minimum atomic E-state index is -2.89. The van der Waals surface area contributed by atoms with Gasteiger partial charge in [-0.25, -0.2) is 8.42 Å². The summed E-state index contributed by atoms with van der Waals surface area (Å²) >= 11 is 0. The summed E-state index contributed by atoms with van der Waals surface area (Å²) < 4.78 is 23.5. The number of hydrogen-bond donors (Lipinski definition) is 0. The van der Waals surface area contributed by atoms with Crippen molar-refractivity contribution in [2.45, 2.75) is 45.4 Å². The summed E-state index contributed by atoms with van der Waals surface area (Å²) in [5, 5.41) is -0.251. The lowest BCUT2D eigenvalue weighted by atomic mass is 10.2. The monoisotopic (exact) mass is 276 g/mol. The Balaban J connectivity index is 2.32. The van der Waals surface area contributed by atoms with Crippen molar-refractivity contribution in [1.29, 1.82) is 0 Å². The van der Waals surface area contributed by atoms with Crippen LogP contribution in [0.2, 0.25) is 0 Å². The molecule has 0 spiro atoms. The number of rotatable bonds is 6. The Morgan fingerprint density at radius 1 is 1.06 bits per heavy atom. The summed E-state index contributed by atoms with van der Waals surface area (Å²) in [5.41, 5.74) is 0. The van der Waals surface area contributed by atoms with E-state index in [2.05, 4.69) is 23.6 Å². The molecule has 1 heterocycles. The quantitative estimate of drug-likeness (QED) is 0.731. The van der Waals surface area contributed by atoms with Crippen LogP contribution in [0, 0.1) is 0 Å². The summed E-state index contributed by atoms with van der Waals surface area (Å²) in [6.45, 7) is 12.8. The first-order valence-electron chi connectivity index (χ1n) is 7.04. The van der Waals surface area contributed by atoms with E-state index in [-0.39, 0.29) is 5.25 Å². The van der Waals surface area contributed by atoms with Crippen LogP contribution in [0.25, 0.3) is 0 Å². The van der Waals surface area contributed by atoms with Crippen LogP contribution in [0.3, 0.4) is 0 Å². The molecule has 1 aliphatic rings. The van der Waals surface area contributed by atoms with E-state index in [0.717, 1.165) is 26.2 Å². The van der Waals surface area contributed by atoms with Gasteiger partial charge in [-0.3, -0.25) is 9.80 Å². The van der Waals surface area contributed by atoms with Crippen LogP contribution < -0.4 is 0 Å². The second-order valence-electron chi connectivity index (χ2n) is 5.55. The SMILES string of the molecule is CCC(C)N1CCN(CCS(=O)(=O)C(C)C)CC1. The zero-order chi connectivity index (χ0) is 13.8. The molecule has 0 aromatic heterocycles. The van der Waals surface area contributed by atoms with E-state index in [1.165, 1.54) is 6.42 Å². The molecule has 0 aliphatic carbocycles. The Labute approximate surface area is 112 Å². The number of sulfone groups is 1. The van der Waals surface area contributed by atoms with E-state index in [4.69, 9.17) is 0 Å². The standard InChI is InChI=1S/C13H28N2O2S/c1-5-13(4)15-8-6-14(7-9-15)10-11-18(16,17)12(2)3/h12-13H,5-11H2,1-4H3. The molecule has 1 rings (SSSR count). The molecular weight excluding hydrogens is 248 g/mol. The summed E-state index contributed by atoms with van der Waals surface area (Å²) in [7, 11) is -2.89. The van der Waals surface area contributed by atoms with Crippen molar-refractivity contribution in [3.05, 3.63) is 0 Å². The molecule has 0 aromatic rings. The maximum Gasteiger partial charge on any atom is 0.153 e. The van der Waals surface area contributed by atoms with Crippen molar-refractivity contribution in [3.63, 3.8) is 0 Å². The van der Waals surface area contributed by atoms with Gasteiger partial charge in [-0.2, -0.15) is 0 Å². The zero-order valence-electron chi connectivity index (χ0n) is 12.2. The lowest BCUT2D eigenvalue weighted by Crippen LogP contribution is -2.50. The third-order valence-electron chi connectivity index (χ3n) is 4.03. The van der Waals surface area contributed by atoms with Crippen LogP contribution in [0.5, 0.6) is 0 Å². The molecule has 0 bridgehead atoms. The fourth-order valence-electron chi connectivity index (χ4n) is 2.18. The molecule has 0 aromatic carbocycles. The Morgan fingerprint density at radius 3 is 2.06 bits per heavy atom. The third kappa shape index (κ3) is 4.52. The van der Waals surface area contributed by atoms with Crippen molar-refractivity contribution in [2.75, 3.05) is 38.5 Å². The lowest BCUT2D eigenvalue weighted by Gasteiger charge is -2.37. The smallest absolute Gasteiger partial charge is 0.153 e. The highest BCUT2D eigenvalue weighted by Gasteiger charge is 2.22. The number of hydrogen-bond acceptors (Lipinski definition) is 4. The first-order valence-corrected chi connectivity index (χ1v) is 8.76. The van der Waals surface area contributed by atoms with Crippen molar-refractivity contribution in [3.8, 4) is 0 Å². The maximum atomic E-state index is 11.8. The fraction of sp³-hybridized carbons (Fsp3) is 1.00. The normalized spacial score (nSPS) is 21.4. The van der Waals surface area contributed by atoms with Gasteiger partial charge in [0.05, 0.1) is 11.0 Å². The van der Waals surface area contributed by atoms with Crippen LogP contribution in [0.1, 0.15) is 34.1 Å². The minimum Gasteiger partial charge on any atom is -0.300 e. The molecule has 0 radical (unpaired) electrons. The van der Waals surface area contributed by atoms with Gasteiger partial charge in [0.2, 0.25) is 0 Å². The molecule has 0 amide bonds. The van der Waals surface area contributed by atoms with Crippen LogP contribution in [0.4, 0.5) is 0 Å². The van der Waals surface area contributed by atoms with E-state index in [9.17, 15) is 8.42 Å². The molecule has 1 fully saturated rings. The Kier molecular flexibility index (Phi) is 6.08. The molecule has 18 heavy (non-hydrogen) atoms. The molecule has 0 saturated carbocycles. The van der Waals surface area contributed by atoms with E-state index in [0.29, 0.717) is 18.3 Å². The predicted octanol–water partition coefficient (Wildman–Crippen LogP) is 1.23. The topological polar surface area (TPSA) is 40.6 Å². The second kappa shape index (κ2) is 6.87. The molecule has 1 aliphatic heterocycles. The number of piperazine rings is 1. The van der Waals surface area contributed by atoms with Crippen LogP contribution in [0.15, 0.2) is 0 Å². The number of nitrogens with zero attached hydrogens (tertiary/aromatic N) is 2. The molecule has 1 atom stereocenters. The average Bonchev–Trinajstić information content (AvgIpc) is 2.36. The fourth-order valence-corrected chi connectivity index (χ4v) is 3.16. The predicted molar refractivity (Wildman–Crippen MR) is 76.7 cm³/mol. The lowest BCUT2D eigenvalue weighted by molar-refractivity contribution is 0.105. The summed E-state index contributed by atoms with van der Waals surface area (Å²) in [6, 6.07) is 0.645. The second-order valence-corrected chi connectivity index (χ2v) is 8.23. The zero-order valence-corrected chi connectivity index (χ0v) is 13.0. The Morgan fingerprint density at radius 2 is 1.61 bits per heavy atom. The van der Waals surface area contributed by atoms with Crippen molar-refractivity contribution in [1.82, 2.24) is 9.80 Å². The molecule has 1 unspecified atom stereocenters. The van der Waals surface area contributed by atoms with Crippen molar-refractivity contribution in [2.24, 2.45) is 0 Å². The van der Waals surface area contributed by atoms with E-state index in [1.54, 1.807) is 13.8 Å². The van der Waals surface area contributed by atoms with Gasteiger partial charge >= 0.3 is 0 Å². The van der Waals surface area contributed by atoms with Gasteiger partial charge in [0.15, 0.2) is 9.84 Å². The average molecular weight is 276 g/mol. The van der Waals surface area contributed by atoms with Crippen LogP contribution in [-0.4, -0.2) is 68.0 Å². The molecule has 108 valence electrons. The molecule has 5 heteroatoms. The minimum absolute atomic E-state index is 0.251. The maximum absolute atomic E-state index is 11.8. The Bertz CT molecular complexity index is 333. The van der Waals surface area contributed by atoms with Gasteiger partial charge in [0.1, 0.15) is 0 Å². The summed E-state index contributed by atoms with van der Waals surface area (Å²) in [4.78, 5) is 4.77. The third-order valence-corrected chi connectivity index (χ3v) is 6.22. The first-order chi connectivity index (χ1) is 8.36. The van der Waals surface area contributed by atoms with E-state index < -0.39 is 9.84 Å². The molecular formula is C13H28N2O2S. The van der Waals surface area contributed by atoms with Crippen LogP contribution in [-0.2, 0) is 9.84 Å². The molecule has 4 nitrogen and oxygen atoms in total. The Hall–Kier alpha value is -0.130. The first kappa shape index (κ1) is 15.9. The highest BCUT2D eigenvalue weighted by atomic mass is 32.2. The van der Waals surface area contributed by atoms with Gasteiger partial charge in [0.25, 0.3) is 0 Å². The van der Waals surface area contributed by atoms with Crippen LogP contribution >= 0.6 is 0 Å². The molecule has 1 saturated heterocycles. The molecule has 0 N–H and O–H groups in total. The van der Waals surface area contributed by atoms with Gasteiger partial charge in [0, 0.05) is 38.8 Å². The highest BCUT2D eigenvalue weighted by Crippen LogP contribution is 2.09. The summed E-state index contributed by atoms with van der Waals surface area (Å²) in [6.07, 6.45) is 1.18. The summed E-state index contributed by atoms with van der Waals surface area (Å²) in [5.74, 6) is 0.300. The highest BCUT2D eigenvalue weighted by molar-refractivity contribution is 7.92. The van der Waals surface area contributed by atoms with Crippen molar-refractivity contribution >= 4 is 9.84 Å². The van der Waals surface area contributed by atoms with Crippen molar-refractivity contribution < 1.29 is 8.42 Å². The van der Waals surface area contributed by atoms with E-state index >= 15 is 0 Å². The largest absolute Gasteiger partial charge is 0.300 e. The van der Waals surface area contributed by atoms with Gasteiger partial charge in [-0.15, -0.1) is 0 Å². The van der Waals surface area contributed by atoms with E-state index in [1.807, 2.05) is 0 Å². The van der Waals surface area contributed by atoms with Gasteiger partial charge in [-0.05, 0) is 27.2 Å². The van der Waals surface area contributed by atoms with Gasteiger partial charge < -0.3 is 0 Å². The van der Waals surface area contributed by atoms with Gasteiger partial charge in [-0.1, -0.05) is 6.92 Å².